The molecular weight excluding hydrogens is 164 g/mol. The molecule has 2 N–H and O–H groups in total. The summed E-state index contributed by atoms with van der Waals surface area (Å²) < 4.78 is 5.24. The zero-order valence-electron chi connectivity index (χ0n) is 7.16. The second kappa shape index (κ2) is 2.53. The van der Waals surface area contributed by atoms with Gasteiger partial charge in [0.15, 0.2) is 0 Å². The molecule has 0 bridgehead atoms. The van der Waals surface area contributed by atoms with Crippen molar-refractivity contribution in [1.82, 2.24) is 0 Å². The van der Waals surface area contributed by atoms with Gasteiger partial charge in [0, 0.05) is 10.9 Å². The number of benzene rings is 1. The summed E-state index contributed by atoms with van der Waals surface area (Å²) in [5.74, 6) is 0. The highest BCUT2D eigenvalue weighted by Gasteiger charge is 2.09. The summed E-state index contributed by atoms with van der Waals surface area (Å²) in [7, 11) is 0. The van der Waals surface area contributed by atoms with Gasteiger partial charge in [0.2, 0.25) is 0 Å². The summed E-state index contributed by atoms with van der Waals surface area (Å²) in [6, 6.07) is 5.65. The summed E-state index contributed by atoms with van der Waals surface area (Å²) >= 11 is 0. The van der Waals surface area contributed by atoms with Gasteiger partial charge in [-0.05, 0) is 19.1 Å². The zero-order valence-corrected chi connectivity index (χ0v) is 7.16. The van der Waals surface area contributed by atoms with Gasteiger partial charge in [-0.2, -0.15) is 5.26 Å². The van der Waals surface area contributed by atoms with E-state index < -0.39 is 0 Å². The lowest BCUT2D eigenvalue weighted by Gasteiger charge is -2.01. The Morgan fingerprint density at radius 3 is 3.00 bits per heavy atom. The monoisotopic (exact) mass is 172 g/mol. The molecule has 0 saturated carbocycles. The van der Waals surface area contributed by atoms with Crippen LogP contribution in [0.15, 0.2) is 22.8 Å². The third-order valence-electron chi connectivity index (χ3n) is 2.12. The molecule has 3 heteroatoms. The lowest BCUT2D eigenvalue weighted by atomic mass is 10.1. The van der Waals surface area contributed by atoms with Gasteiger partial charge < -0.3 is 10.2 Å². The predicted octanol–water partition coefficient (Wildman–Crippen LogP) is 2.20. The van der Waals surface area contributed by atoms with Gasteiger partial charge in [-0.1, -0.05) is 0 Å². The molecule has 1 heterocycles. The van der Waals surface area contributed by atoms with Gasteiger partial charge in [-0.3, -0.25) is 0 Å². The molecule has 0 spiro atoms. The number of aryl methyl sites for hydroxylation is 1. The van der Waals surface area contributed by atoms with E-state index in [-0.39, 0.29) is 0 Å². The standard InChI is InChI=1S/C10H8N2O/c1-6-8(5-11)9(12)4-7-2-3-13-10(6)7/h2-4H,12H2,1H3. The van der Waals surface area contributed by atoms with Crippen LogP contribution < -0.4 is 5.73 Å². The van der Waals surface area contributed by atoms with Crippen LogP contribution in [0.1, 0.15) is 11.1 Å². The molecule has 0 unspecified atom stereocenters. The second-order valence-electron chi connectivity index (χ2n) is 2.92. The quantitative estimate of drug-likeness (QED) is 0.619. The fourth-order valence-electron chi connectivity index (χ4n) is 1.46. The minimum absolute atomic E-state index is 0.502. The minimum Gasteiger partial charge on any atom is -0.464 e. The molecule has 64 valence electrons. The highest BCUT2D eigenvalue weighted by atomic mass is 16.3. The maximum Gasteiger partial charge on any atom is 0.138 e. The minimum atomic E-state index is 0.502. The Balaban J connectivity index is 2.95. The van der Waals surface area contributed by atoms with Gasteiger partial charge in [-0.15, -0.1) is 0 Å². The maximum absolute atomic E-state index is 8.82. The van der Waals surface area contributed by atoms with Crippen molar-refractivity contribution >= 4 is 16.7 Å². The molecule has 0 fully saturated rings. The number of nitrogens with zero attached hydrogens (tertiary/aromatic N) is 1. The first kappa shape index (κ1) is 7.69. The molecule has 0 aliphatic heterocycles. The molecule has 2 rings (SSSR count). The first-order chi connectivity index (χ1) is 6.24. The smallest absolute Gasteiger partial charge is 0.138 e. The van der Waals surface area contributed by atoms with Gasteiger partial charge in [0.1, 0.15) is 11.7 Å². The number of anilines is 1. The largest absolute Gasteiger partial charge is 0.464 e. The van der Waals surface area contributed by atoms with Crippen LogP contribution in [-0.2, 0) is 0 Å². The van der Waals surface area contributed by atoms with E-state index in [1.54, 1.807) is 12.3 Å². The Bertz CT molecular complexity index is 505. The summed E-state index contributed by atoms with van der Waals surface area (Å²) in [4.78, 5) is 0. The first-order valence-corrected chi connectivity index (χ1v) is 3.90. The average molecular weight is 172 g/mol. The topological polar surface area (TPSA) is 63.0 Å². The molecule has 3 nitrogen and oxygen atoms in total. The molecular formula is C10H8N2O. The van der Waals surface area contributed by atoms with Crippen molar-refractivity contribution < 1.29 is 4.42 Å². The van der Waals surface area contributed by atoms with Gasteiger partial charge in [-0.25, -0.2) is 0 Å². The third-order valence-corrected chi connectivity index (χ3v) is 2.12. The summed E-state index contributed by atoms with van der Waals surface area (Å²) in [6.45, 7) is 1.83. The number of rotatable bonds is 0. The van der Waals surface area contributed by atoms with Crippen LogP contribution in [0.5, 0.6) is 0 Å². The van der Waals surface area contributed by atoms with E-state index in [1.807, 2.05) is 13.0 Å². The van der Waals surface area contributed by atoms with E-state index in [2.05, 4.69) is 6.07 Å². The van der Waals surface area contributed by atoms with Crippen LogP contribution in [0.25, 0.3) is 11.0 Å². The van der Waals surface area contributed by atoms with Crippen molar-refractivity contribution in [3.8, 4) is 6.07 Å². The van der Waals surface area contributed by atoms with E-state index in [4.69, 9.17) is 15.4 Å². The molecule has 13 heavy (non-hydrogen) atoms. The number of furan rings is 1. The number of hydrogen-bond donors (Lipinski definition) is 1. The fraction of sp³-hybridized carbons (Fsp3) is 0.100. The molecule has 0 saturated heterocycles. The first-order valence-electron chi connectivity index (χ1n) is 3.90. The number of nitriles is 1. The van der Waals surface area contributed by atoms with Crippen molar-refractivity contribution in [3.63, 3.8) is 0 Å². The maximum atomic E-state index is 8.82. The Labute approximate surface area is 75.4 Å². The van der Waals surface area contributed by atoms with Crippen LogP contribution in [-0.4, -0.2) is 0 Å². The van der Waals surface area contributed by atoms with E-state index in [9.17, 15) is 0 Å². The Kier molecular flexibility index (Phi) is 1.49. The normalized spacial score (nSPS) is 10.2. The van der Waals surface area contributed by atoms with Gasteiger partial charge >= 0.3 is 0 Å². The lowest BCUT2D eigenvalue weighted by Crippen LogP contribution is -1.93. The van der Waals surface area contributed by atoms with Crippen molar-refractivity contribution in [2.75, 3.05) is 5.73 Å². The number of nitrogens with two attached hydrogens (primary N) is 1. The van der Waals surface area contributed by atoms with Crippen molar-refractivity contribution in [3.05, 3.63) is 29.5 Å². The molecule has 0 radical (unpaired) electrons. The number of hydrogen-bond acceptors (Lipinski definition) is 3. The fourth-order valence-corrected chi connectivity index (χ4v) is 1.46. The number of fused-ring (bicyclic) bond motifs is 1. The molecule has 1 aromatic heterocycles. The van der Waals surface area contributed by atoms with Gasteiger partial charge in [0.05, 0.1) is 17.5 Å². The third kappa shape index (κ3) is 0.960. The predicted molar refractivity (Wildman–Crippen MR) is 50.1 cm³/mol. The zero-order chi connectivity index (χ0) is 9.42. The average Bonchev–Trinajstić information content (AvgIpc) is 2.53. The molecule has 0 aliphatic carbocycles. The van der Waals surface area contributed by atoms with E-state index in [0.29, 0.717) is 11.3 Å². The van der Waals surface area contributed by atoms with Crippen LogP contribution >= 0.6 is 0 Å². The van der Waals surface area contributed by atoms with Gasteiger partial charge in [0.25, 0.3) is 0 Å². The van der Waals surface area contributed by atoms with Crippen LogP contribution in [0.4, 0.5) is 5.69 Å². The second-order valence-corrected chi connectivity index (χ2v) is 2.92. The highest BCUT2D eigenvalue weighted by Crippen LogP contribution is 2.27. The van der Waals surface area contributed by atoms with Crippen molar-refractivity contribution in [1.29, 1.82) is 5.26 Å². The Morgan fingerprint density at radius 2 is 2.31 bits per heavy atom. The molecule has 0 atom stereocenters. The summed E-state index contributed by atoms with van der Waals surface area (Å²) in [6.07, 6.45) is 1.60. The van der Waals surface area contributed by atoms with E-state index in [1.165, 1.54) is 0 Å². The highest BCUT2D eigenvalue weighted by molar-refractivity contribution is 5.87. The van der Waals surface area contributed by atoms with Crippen LogP contribution in [0, 0.1) is 18.3 Å². The SMILES string of the molecule is Cc1c(C#N)c(N)cc2ccoc12. The Morgan fingerprint density at radius 1 is 1.54 bits per heavy atom. The van der Waals surface area contributed by atoms with Crippen molar-refractivity contribution in [2.45, 2.75) is 6.92 Å². The number of nitrogen functional groups attached to an aromatic ring is 1. The molecule has 1 aromatic carbocycles. The van der Waals surface area contributed by atoms with Crippen LogP contribution in [0.2, 0.25) is 0 Å². The van der Waals surface area contributed by atoms with E-state index in [0.717, 1.165) is 16.5 Å². The molecule has 0 amide bonds. The summed E-state index contributed by atoms with van der Waals surface area (Å²) in [5, 5.41) is 9.76. The Hall–Kier alpha value is -1.95. The summed E-state index contributed by atoms with van der Waals surface area (Å²) in [5.41, 5.74) is 8.25. The molecule has 0 aliphatic rings. The lowest BCUT2D eigenvalue weighted by molar-refractivity contribution is 0.613. The molecule has 2 aromatic rings. The van der Waals surface area contributed by atoms with Crippen molar-refractivity contribution in [2.24, 2.45) is 0 Å². The van der Waals surface area contributed by atoms with Crippen LogP contribution in [0.3, 0.4) is 0 Å². The van der Waals surface area contributed by atoms with E-state index >= 15 is 0 Å².